The molecular formula is C37H32ClN3O4S. The van der Waals surface area contributed by atoms with Crippen LogP contribution in [0.2, 0.25) is 5.02 Å². The Hall–Kier alpha value is -4.66. The fourth-order valence-corrected chi connectivity index (χ4v) is 8.34. The van der Waals surface area contributed by atoms with Crippen LogP contribution in [0.5, 0.6) is 11.5 Å². The summed E-state index contributed by atoms with van der Waals surface area (Å²) in [4.78, 5) is 31.0. The van der Waals surface area contributed by atoms with E-state index >= 15 is 0 Å². The van der Waals surface area contributed by atoms with Gasteiger partial charge in [-0.05, 0) is 66.6 Å². The van der Waals surface area contributed by atoms with Crippen LogP contribution in [0, 0.1) is 18.3 Å². The Balaban J connectivity index is 1.24. The highest BCUT2D eigenvalue weighted by atomic mass is 35.5. The van der Waals surface area contributed by atoms with Crippen LogP contribution in [0.25, 0.3) is 20.7 Å². The van der Waals surface area contributed by atoms with E-state index in [-0.39, 0.29) is 17.6 Å². The number of aryl methyl sites for hydroxylation is 2. The minimum absolute atomic E-state index is 0.00737. The summed E-state index contributed by atoms with van der Waals surface area (Å²) in [6, 6.07) is 22.5. The number of hydrogen-bond donors (Lipinski definition) is 1. The van der Waals surface area contributed by atoms with Gasteiger partial charge < -0.3 is 9.84 Å². The summed E-state index contributed by atoms with van der Waals surface area (Å²) in [5.74, 6) is -0.949. The molecule has 0 radical (unpaired) electrons. The predicted octanol–water partition coefficient (Wildman–Crippen LogP) is 8.34. The topological polar surface area (TPSA) is 84.7 Å². The quantitative estimate of drug-likeness (QED) is 0.179. The van der Waals surface area contributed by atoms with Crippen LogP contribution >= 0.6 is 22.9 Å². The molecule has 2 aliphatic rings. The average Bonchev–Trinajstić information content (AvgIpc) is 3.65. The molecule has 3 unspecified atom stereocenters. The van der Waals surface area contributed by atoms with E-state index in [0.717, 1.165) is 31.7 Å². The highest BCUT2D eigenvalue weighted by Crippen LogP contribution is 2.58. The molecule has 0 saturated carbocycles. The smallest absolute Gasteiger partial charge is 0.242 e. The van der Waals surface area contributed by atoms with E-state index in [0.29, 0.717) is 40.9 Å². The van der Waals surface area contributed by atoms with Gasteiger partial charge in [0, 0.05) is 40.4 Å². The van der Waals surface area contributed by atoms with Crippen LogP contribution in [0.1, 0.15) is 36.0 Å². The van der Waals surface area contributed by atoms with Gasteiger partial charge in [-0.3, -0.25) is 14.3 Å². The zero-order valence-electron chi connectivity index (χ0n) is 25.7. The number of rotatable bonds is 7. The maximum absolute atomic E-state index is 14.6. The molecule has 1 aliphatic carbocycles. The summed E-state index contributed by atoms with van der Waals surface area (Å²) in [7, 11) is 1.74. The number of ether oxygens (including phenoxy) is 1. The number of thiophene rings is 1. The molecule has 9 heteroatoms. The van der Waals surface area contributed by atoms with Crippen molar-refractivity contribution in [1.29, 1.82) is 0 Å². The largest absolute Gasteiger partial charge is 0.508 e. The Morgan fingerprint density at radius 2 is 1.91 bits per heavy atom. The highest BCUT2D eigenvalue weighted by Gasteiger charge is 2.63. The molecule has 7 rings (SSSR count). The minimum Gasteiger partial charge on any atom is -0.508 e. The fraction of sp³-hybridized carbons (Fsp3) is 0.216. The maximum Gasteiger partial charge on any atom is 0.242 e. The van der Waals surface area contributed by atoms with Gasteiger partial charge in [-0.1, -0.05) is 66.7 Å². The predicted molar refractivity (Wildman–Crippen MR) is 182 cm³/mol. The second-order valence-electron chi connectivity index (χ2n) is 12.1. The van der Waals surface area contributed by atoms with E-state index in [9.17, 15) is 14.7 Å². The molecule has 1 aliphatic heterocycles. The molecule has 3 atom stereocenters. The number of allylic oxidation sites excluding steroid dienone is 3. The maximum atomic E-state index is 14.6. The van der Waals surface area contributed by atoms with Crippen molar-refractivity contribution < 1.29 is 19.4 Å². The van der Waals surface area contributed by atoms with Gasteiger partial charge in [0.15, 0.2) is 0 Å². The number of fused-ring (bicyclic) bond motifs is 2. The number of carbonyl (C=O) groups excluding carboxylic acids is 2. The molecule has 1 saturated heterocycles. The first kappa shape index (κ1) is 30.0. The zero-order chi connectivity index (χ0) is 32.3. The second kappa shape index (κ2) is 11.3. The Morgan fingerprint density at radius 1 is 1.13 bits per heavy atom. The van der Waals surface area contributed by atoms with Crippen LogP contribution in [0.15, 0.2) is 97.1 Å². The molecule has 7 nitrogen and oxygen atoms in total. The third-order valence-corrected chi connectivity index (χ3v) is 11.0. The Kier molecular flexibility index (Phi) is 7.37. The van der Waals surface area contributed by atoms with Gasteiger partial charge in [0.05, 0.1) is 16.2 Å². The van der Waals surface area contributed by atoms with Crippen LogP contribution < -0.4 is 9.64 Å². The number of anilines is 1. The van der Waals surface area contributed by atoms with Gasteiger partial charge in [-0.25, -0.2) is 4.90 Å². The van der Waals surface area contributed by atoms with Crippen LogP contribution in [-0.2, 0) is 23.2 Å². The fourth-order valence-electron chi connectivity index (χ4n) is 7.02. The van der Waals surface area contributed by atoms with Crippen molar-refractivity contribution in [3.63, 3.8) is 0 Å². The zero-order valence-corrected chi connectivity index (χ0v) is 27.2. The van der Waals surface area contributed by atoms with E-state index < -0.39 is 17.3 Å². The van der Waals surface area contributed by atoms with Crippen molar-refractivity contribution in [2.45, 2.75) is 32.8 Å². The molecule has 1 fully saturated rings. The van der Waals surface area contributed by atoms with Gasteiger partial charge in [0.1, 0.15) is 29.6 Å². The average molecular weight is 650 g/mol. The van der Waals surface area contributed by atoms with Crippen LogP contribution in [-0.4, -0.2) is 26.7 Å². The number of imide groups is 1. The number of benzene rings is 3. The number of phenolic OH excluding ortho intramolecular Hbond substituents is 1. The Morgan fingerprint density at radius 3 is 2.65 bits per heavy atom. The van der Waals surface area contributed by atoms with Gasteiger partial charge in [-0.2, -0.15) is 5.10 Å². The molecule has 5 aromatic rings. The van der Waals surface area contributed by atoms with Gasteiger partial charge >= 0.3 is 0 Å². The number of halogens is 1. The summed E-state index contributed by atoms with van der Waals surface area (Å²) >= 11 is 7.87. The van der Waals surface area contributed by atoms with E-state index in [1.807, 2.05) is 74.5 Å². The molecular weight excluding hydrogens is 618 g/mol. The van der Waals surface area contributed by atoms with Crippen molar-refractivity contribution in [2.24, 2.45) is 18.4 Å². The third kappa shape index (κ3) is 4.66. The normalized spacial score (nSPS) is 21.0. The lowest BCUT2D eigenvalue weighted by atomic mass is 9.60. The lowest BCUT2D eigenvalue weighted by Gasteiger charge is -2.40. The molecule has 46 heavy (non-hydrogen) atoms. The first-order chi connectivity index (χ1) is 22.1. The van der Waals surface area contributed by atoms with Gasteiger partial charge in [0.2, 0.25) is 11.8 Å². The van der Waals surface area contributed by atoms with Crippen molar-refractivity contribution in [3.05, 3.63) is 119 Å². The lowest BCUT2D eigenvalue weighted by Crippen LogP contribution is -2.42. The number of carbonyl (C=O) groups is 2. The first-order valence-corrected chi connectivity index (χ1v) is 16.2. The highest BCUT2D eigenvalue weighted by molar-refractivity contribution is 7.22. The van der Waals surface area contributed by atoms with Crippen LogP contribution in [0.3, 0.4) is 0 Å². The van der Waals surface area contributed by atoms with Crippen molar-refractivity contribution in [2.75, 3.05) is 4.90 Å². The number of phenols is 1. The number of amides is 2. The van der Waals surface area contributed by atoms with E-state index in [2.05, 4.69) is 6.58 Å². The summed E-state index contributed by atoms with van der Waals surface area (Å²) in [5, 5.41) is 17.8. The second-order valence-corrected chi connectivity index (χ2v) is 13.6. The SMILES string of the molecule is C=CC1=CCC2C(=O)N(c3cc(-c4sc5ccc(Cl)cc5c4C)nn3C)C(=O)C2(C)C1c1ccc(OCc2ccccc2)cc1O. The third-order valence-electron chi connectivity index (χ3n) is 9.44. The molecule has 3 heterocycles. The number of aromatic nitrogens is 2. The molecule has 1 N–H and O–H groups in total. The molecule has 232 valence electrons. The molecule has 0 spiro atoms. The monoisotopic (exact) mass is 649 g/mol. The van der Waals surface area contributed by atoms with Gasteiger partial charge in [0.25, 0.3) is 0 Å². The van der Waals surface area contributed by atoms with E-state index in [1.54, 1.807) is 47.3 Å². The first-order valence-electron chi connectivity index (χ1n) is 15.1. The van der Waals surface area contributed by atoms with Crippen LogP contribution in [0.4, 0.5) is 5.82 Å². The van der Waals surface area contributed by atoms with Crippen molar-refractivity contribution in [1.82, 2.24) is 9.78 Å². The number of hydrogen-bond acceptors (Lipinski definition) is 6. The summed E-state index contributed by atoms with van der Waals surface area (Å²) < 4.78 is 8.61. The van der Waals surface area contributed by atoms with Crippen molar-refractivity contribution in [3.8, 4) is 22.1 Å². The number of nitrogens with zero attached hydrogens (tertiary/aromatic N) is 3. The van der Waals surface area contributed by atoms with E-state index in [4.69, 9.17) is 21.4 Å². The number of aromatic hydroxyl groups is 1. The van der Waals surface area contributed by atoms with E-state index in [1.165, 1.54) is 4.90 Å². The summed E-state index contributed by atoms with van der Waals surface area (Å²) in [6.07, 6.45) is 4.05. The molecule has 2 amide bonds. The standard InChI is InChI=1S/C37H32ClN3O4S/c1-5-23-11-15-28-35(43)41(32-19-29(39-40(32)4)34-21(2)27-17-24(38)12-16-31(27)46-34)36(44)37(28,3)33(23)26-14-13-25(18-30(26)42)45-20-22-9-7-6-8-10-22/h5-14,16-19,28,33,42H,1,15,20H2,2-4H3. The lowest BCUT2D eigenvalue weighted by molar-refractivity contribution is -0.127. The Labute approximate surface area is 276 Å². The molecule has 2 aromatic heterocycles. The summed E-state index contributed by atoms with van der Waals surface area (Å²) in [6.45, 7) is 8.22. The minimum atomic E-state index is -1.17. The molecule has 3 aromatic carbocycles. The van der Waals surface area contributed by atoms with Gasteiger partial charge in [-0.15, -0.1) is 11.3 Å². The summed E-state index contributed by atoms with van der Waals surface area (Å²) in [5.41, 5.74) is 2.88. The Bertz CT molecular complexity index is 2080. The molecule has 0 bridgehead atoms. The van der Waals surface area contributed by atoms with Crippen molar-refractivity contribution >= 4 is 50.7 Å².